The van der Waals surface area contributed by atoms with E-state index in [-0.39, 0.29) is 0 Å². The molecule has 0 aromatic heterocycles. The summed E-state index contributed by atoms with van der Waals surface area (Å²) in [5.74, 6) is 1.79. The summed E-state index contributed by atoms with van der Waals surface area (Å²) in [4.78, 5) is 0. The summed E-state index contributed by atoms with van der Waals surface area (Å²) < 4.78 is 10.5. The smallest absolute Gasteiger partial charge is 0.161 e. The number of aromatic hydroxyl groups is 1. The van der Waals surface area contributed by atoms with E-state index in [2.05, 4.69) is 5.32 Å². The van der Waals surface area contributed by atoms with Gasteiger partial charge in [0, 0.05) is 6.54 Å². The van der Waals surface area contributed by atoms with Gasteiger partial charge in [-0.15, -0.1) is 0 Å². The molecule has 21 heavy (non-hydrogen) atoms. The monoisotopic (exact) mass is 287 g/mol. The van der Waals surface area contributed by atoms with Crippen molar-refractivity contribution in [3.8, 4) is 17.2 Å². The van der Waals surface area contributed by atoms with E-state index in [1.165, 1.54) is 5.56 Å². The Morgan fingerprint density at radius 1 is 0.905 bits per heavy atom. The van der Waals surface area contributed by atoms with Crippen LogP contribution in [0, 0.1) is 0 Å². The molecule has 4 nitrogen and oxygen atoms in total. The van der Waals surface area contributed by atoms with Gasteiger partial charge in [0.2, 0.25) is 0 Å². The van der Waals surface area contributed by atoms with Crippen molar-refractivity contribution in [1.82, 2.24) is 5.32 Å². The van der Waals surface area contributed by atoms with E-state index in [4.69, 9.17) is 9.47 Å². The number of benzene rings is 2. The zero-order chi connectivity index (χ0) is 15.1. The van der Waals surface area contributed by atoms with E-state index in [9.17, 15) is 5.11 Å². The molecule has 0 aliphatic heterocycles. The highest BCUT2D eigenvalue weighted by Gasteiger charge is 2.04. The first kappa shape index (κ1) is 15.2. The number of nitrogens with one attached hydrogen (secondary N) is 1. The van der Waals surface area contributed by atoms with E-state index in [1.54, 1.807) is 26.4 Å². The molecule has 2 aromatic rings. The fraction of sp³-hybridized carbons (Fsp3) is 0.294. The molecule has 0 spiro atoms. The lowest BCUT2D eigenvalue weighted by Gasteiger charge is -2.10. The van der Waals surface area contributed by atoms with E-state index in [0.717, 1.165) is 36.6 Å². The van der Waals surface area contributed by atoms with E-state index < -0.39 is 0 Å². The van der Waals surface area contributed by atoms with Crippen molar-refractivity contribution in [2.45, 2.75) is 13.0 Å². The molecule has 2 N–H and O–H groups in total. The lowest BCUT2D eigenvalue weighted by atomic mass is 10.1. The fourth-order valence-electron chi connectivity index (χ4n) is 2.12. The van der Waals surface area contributed by atoms with Crippen LogP contribution in [0.1, 0.15) is 11.1 Å². The number of hydrogen-bond donors (Lipinski definition) is 2. The van der Waals surface area contributed by atoms with Gasteiger partial charge < -0.3 is 19.9 Å². The normalized spacial score (nSPS) is 10.4. The van der Waals surface area contributed by atoms with Gasteiger partial charge in [-0.2, -0.15) is 0 Å². The molecule has 0 unspecified atom stereocenters. The Morgan fingerprint density at radius 3 is 2.24 bits per heavy atom. The predicted octanol–water partition coefficient (Wildman–Crippen LogP) is 2.74. The van der Waals surface area contributed by atoms with Crippen molar-refractivity contribution in [3.63, 3.8) is 0 Å². The van der Waals surface area contributed by atoms with Crippen molar-refractivity contribution >= 4 is 0 Å². The first-order valence-electron chi connectivity index (χ1n) is 6.92. The number of methoxy groups -OCH3 is 2. The third-order valence-corrected chi connectivity index (χ3v) is 3.30. The minimum Gasteiger partial charge on any atom is -0.508 e. The molecule has 0 radical (unpaired) electrons. The highest BCUT2D eigenvalue weighted by Crippen LogP contribution is 2.27. The number of phenols is 1. The Kier molecular flexibility index (Phi) is 5.46. The largest absolute Gasteiger partial charge is 0.508 e. The summed E-state index contributed by atoms with van der Waals surface area (Å²) in [5.41, 5.74) is 2.35. The summed E-state index contributed by atoms with van der Waals surface area (Å²) in [6, 6.07) is 13.2. The lowest BCUT2D eigenvalue weighted by Crippen LogP contribution is -2.16. The van der Waals surface area contributed by atoms with Crippen LogP contribution in [0.4, 0.5) is 0 Å². The molecule has 0 saturated heterocycles. The number of phenolic OH excluding ortho intramolecular Hbond substituents is 1. The van der Waals surface area contributed by atoms with E-state index in [0.29, 0.717) is 5.75 Å². The molecule has 4 heteroatoms. The summed E-state index contributed by atoms with van der Waals surface area (Å²) in [7, 11) is 3.27. The second-order valence-corrected chi connectivity index (χ2v) is 4.78. The first-order chi connectivity index (χ1) is 10.2. The summed E-state index contributed by atoms with van der Waals surface area (Å²) in [5, 5.41) is 12.6. The van der Waals surface area contributed by atoms with Gasteiger partial charge in [0.05, 0.1) is 14.2 Å². The van der Waals surface area contributed by atoms with Crippen LogP contribution in [0.25, 0.3) is 0 Å². The molecule has 0 fully saturated rings. The average Bonchev–Trinajstić information content (AvgIpc) is 2.53. The summed E-state index contributed by atoms with van der Waals surface area (Å²) >= 11 is 0. The second-order valence-electron chi connectivity index (χ2n) is 4.78. The molecule has 112 valence electrons. The third-order valence-electron chi connectivity index (χ3n) is 3.30. The van der Waals surface area contributed by atoms with Crippen LogP contribution in [-0.4, -0.2) is 25.9 Å². The van der Waals surface area contributed by atoms with Crippen LogP contribution in [0.15, 0.2) is 42.5 Å². The van der Waals surface area contributed by atoms with Crippen molar-refractivity contribution in [1.29, 1.82) is 0 Å². The van der Waals surface area contributed by atoms with Gasteiger partial charge in [-0.25, -0.2) is 0 Å². The molecule has 2 rings (SSSR count). The van der Waals surface area contributed by atoms with E-state index in [1.807, 2.05) is 30.3 Å². The van der Waals surface area contributed by atoms with Crippen molar-refractivity contribution in [2.24, 2.45) is 0 Å². The molecule has 0 heterocycles. The Balaban J connectivity index is 1.82. The molecule has 2 aromatic carbocycles. The minimum atomic E-state index is 0.303. The maximum atomic E-state index is 9.23. The molecule has 0 aliphatic carbocycles. The van der Waals surface area contributed by atoms with Gasteiger partial charge >= 0.3 is 0 Å². The maximum Gasteiger partial charge on any atom is 0.161 e. The van der Waals surface area contributed by atoms with Crippen LogP contribution in [0.3, 0.4) is 0 Å². The standard InChI is InChI=1S/C17H21NO3/c1-20-16-8-5-14(11-17(16)21-2)12-18-10-9-13-3-6-15(19)7-4-13/h3-8,11,18-19H,9-10,12H2,1-2H3. The van der Waals surface area contributed by atoms with Crippen LogP contribution < -0.4 is 14.8 Å². The highest BCUT2D eigenvalue weighted by atomic mass is 16.5. The van der Waals surface area contributed by atoms with Crippen LogP contribution >= 0.6 is 0 Å². The molecule has 0 bridgehead atoms. The summed E-state index contributed by atoms with van der Waals surface area (Å²) in [6.07, 6.45) is 0.924. The number of hydrogen-bond acceptors (Lipinski definition) is 4. The van der Waals surface area contributed by atoms with Crippen LogP contribution in [0.2, 0.25) is 0 Å². The molecule has 0 atom stereocenters. The predicted molar refractivity (Wildman–Crippen MR) is 83.1 cm³/mol. The van der Waals surface area contributed by atoms with Gasteiger partial charge in [-0.3, -0.25) is 0 Å². The Hall–Kier alpha value is -2.20. The average molecular weight is 287 g/mol. The van der Waals surface area contributed by atoms with Gasteiger partial charge in [0.1, 0.15) is 5.75 Å². The number of ether oxygens (including phenoxy) is 2. The van der Waals surface area contributed by atoms with Gasteiger partial charge in [-0.05, 0) is 48.4 Å². The third kappa shape index (κ3) is 4.39. The lowest BCUT2D eigenvalue weighted by molar-refractivity contribution is 0.354. The molecular formula is C17H21NO3. The quantitative estimate of drug-likeness (QED) is 0.769. The fourth-order valence-corrected chi connectivity index (χ4v) is 2.12. The topological polar surface area (TPSA) is 50.7 Å². The molecule has 0 saturated carbocycles. The van der Waals surface area contributed by atoms with Gasteiger partial charge in [-0.1, -0.05) is 18.2 Å². The van der Waals surface area contributed by atoms with Crippen molar-refractivity contribution in [2.75, 3.05) is 20.8 Å². The van der Waals surface area contributed by atoms with Gasteiger partial charge in [0.15, 0.2) is 11.5 Å². The zero-order valence-corrected chi connectivity index (χ0v) is 12.4. The Morgan fingerprint density at radius 2 is 1.57 bits per heavy atom. The SMILES string of the molecule is COc1ccc(CNCCc2ccc(O)cc2)cc1OC. The summed E-state index contributed by atoms with van der Waals surface area (Å²) in [6.45, 7) is 1.65. The number of rotatable bonds is 7. The first-order valence-corrected chi connectivity index (χ1v) is 6.92. The molecule has 0 aliphatic rings. The minimum absolute atomic E-state index is 0.303. The maximum absolute atomic E-state index is 9.23. The zero-order valence-electron chi connectivity index (χ0n) is 12.4. The van der Waals surface area contributed by atoms with E-state index >= 15 is 0 Å². The molecular weight excluding hydrogens is 266 g/mol. The van der Waals surface area contributed by atoms with Crippen LogP contribution in [-0.2, 0) is 13.0 Å². The van der Waals surface area contributed by atoms with Crippen molar-refractivity contribution in [3.05, 3.63) is 53.6 Å². The molecule has 0 amide bonds. The Labute approximate surface area is 125 Å². The second kappa shape index (κ2) is 7.55. The van der Waals surface area contributed by atoms with Crippen molar-refractivity contribution < 1.29 is 14.6 Å². The van der Waals surface area contributed by atoms with Gasteiger partial charge in [0.25, 0.3) is 0 Å². The Bertz CT molecular complexity index is 567. The van der Waals surface area contributed by atoms with Crippen LogP contribution in [0.5, 0.6) is 17.2 Å². The highest BCUT2D eigenvalue weighted by molar-refractivity contribution is 5.42.